The van der Waals surface area contributed by atoms with Gasteiger partial charge in [-0.3, -0.25) is 0 Å². The summed E-state index contributed by atoms with van der Waals surface area (Å²) < 4.78 is 3.11. The van der Waals surface area contributed by atoms with E-state index in [9.17, 15) is 0 Å². The minimum Gasteiger partial charge on any atom is -0.329 e. The van der Waals surface area contributed by atoms with Gasteiger partial charge in [-0.1, -0.05) is 20.8 Å². The second-order valence-electron chi connectivity index (χ2n) is 4.09. The number of imidazole rings is 1. The van der Waals surface area contributed by atoms with Crippen LogP contribution in [0.3, 0.4) is 0 Å². The predicted octanol–water partition coefficient (Wildman–Crippen LogP) is 1.90. The van der Waals surface area contributed by atoms with Crippen molar-refractivity contribution in [2.45, 2.75) is 32.7 Å². The maximum absolute atomic E-state index is 5.53. The molecule has 74 valence electrons. The quantitative estimate of drug-likeness (QED) is 0.866. The highest BCUT2D eigenvalue weighted by atomic mass is 79.9. The van der Waals surface area contributed by atoms with Crippen LogP contribution in [0.4, 0.5) is 0 Å². The summed E-state index contributed by atoms with van der Waals surface area (Å²) in [5, 5.41) is 0. The molecule has 0 fully saturated rings. The first kappa shape index (κ1) is 10.7. The summed E-state index contributed by atoms with van der Waals surface area (Å²) in [7, 11) is 0. The Bertz CT molecular complexity index is 286. The minimum atomic E-state index is 0.0706. The maximum atomic E-state index is 5.53. The molecule has 0 bridgehead atoms. The maximum Gasteiger partial charge on any atom is 0.114 e. The molecule has 0 saturated heterocycles. The number of halogens is 1. The molecule has 0 amide bonds. The van der Waals surface area contributed by atoms with Gasteiger partial charge < -0.3 is 10.3 Å². The number of nitrogens with two attached hydrogens (primary N) is 1. The molecule has 0 unspecified atom stereocenters. The molecule has 0 aliphatic rings. The van der Waals surface area contributed by atoms with Crippen molar-refractivity contribution in [1.29, 1.82) is 0 Å². The average molecular weight is 246 g/mol. The Morgan fingerprint density at radius 3 is 2.62 bits per heavy atom. The van der Waals surface area contributed by atoms with Crippen LogP contribution in [0.5, 0.6) is 0 Å². The van der Waals surface area contributed by atoms with Crippen molar-refractivity contribution < 1.29 is 0 Å². The van der Waals surface area contributed by atoms with Crippen molar-refractivity contribution in [2.75, 3.05) is 6.54 Å². The number of aromatic nitrogens is 2. The average Bonchev–Trinajstić information content (AvgIpc) is 2.32. The van der Waals surface area contributed by atoms with Crippen molar-refractivity contribution in [2.24, 2.45) is 5.73 Å². The zero-order valence-corrected chi connectivity index (χ0v) is 9.93. The monoisotopic (exact) mass is 245 g/mol. The van der Waals surface area contributed by atoms with Crippen molar-refractivity contribution >= 4 is 15.9 Å². The Morgan fingerprint density at radius 2 is 2.15 bits per heavy atom. The molecule has 3 nitrogen and oxygen atoms in total. The van der Waals surface area contributed by atoms with E-state index in [1.165, 1.54) is 0 Å². The zero-order valence-electron chi connectivity index (χ0n) is 8.34. The van der Waals surface area contributed by atoms with Crippen LogP contribution >= 0.6 is 15.9 Å². The van der Waals surface area contributed by atoms with E-state index in [-0.39, 0.29) is 5.41 Å². The first-order valence-corrected chi connectivity index (χ1v) is 5.17. The molecule has 1 aromatic heterocycles. The van der Waals surface area contributed by atoms with Gasteiger partial charge in [0.2, 0.25) is 0 Å². The lowest BCUT2D eigenvalue weighted by Gasteiger charge is -2.19. The highest BCUT2D eigenvalue weighted by Crippen LogP contribution is 2.24. The molecule has 1 aromatic rings. The first-order valence-electron chi connectivity index (χ1n) is 4.38. The Kier molecular flexibility index (Phi) is 3.14. The van der Waals surface area contributed by atoms with Gasteiger partial charge in [0.25, 0.3) is 0 Å². The van der Waals surface area contributed by atoms with E-state index in [4.69, 9.17) is 5.73 Å². The van der Waals surface area contributed by atoms with Gasteiger partial charge in [0.1, 0.15) is 10.4 Å². The second-order valence-corrected chi connectivity index (χ2v) is 4.91. The van der Waals surface area contributed by atoms with Crippen molar-refractivity contribution in [3.05, 3.63) is 16.6 Å². The lowest BCUT2D eigenvalue weighted by molar-refractivity contribution is 0.497. The molecule has 13 heavy (non-hydrogen) atoms. The van der Waals surface area contributed by atoms with E-state index in [1.807, 2.05) is 6.20 Å². The SMILES string of the molecule is CC(C)(C)c1ncc(Br)n1CCN. The predicted molar refractivity (Wildman–Crippen MR) is 57.7 cm³/mol. The summed E-state index contributed by atoms with van der Waals surface area (Å²) in [6.45, 7) is 7.89. The van der Waals surface area contributed by atoms with Gasteiger partial charge in [-0.15, -0.1) is 0 Å². The van der Waals surface area contributed by atoms with Crippen molar-refractivity contribution in [1.82, 2.24) is 9.55 Å². The molecule has 0 saturated carbocycles. The van der Waals surface area contributed by atoms with Gasteiger partial charge in [-0.05, 0) is 15.9 Å². The third-order valence-corrected chi connectivity index (χ3v) is 2.46. The standard InChI is InChI=1S/C9H16BrN3/c1-9(2,3)8-12-6-7(10)13(8)5-4-11/h6H,4-5,11H2,1-3H3. The number of nitrogens with zero attached hydrogens (tertiary/aromatic N) is 2. The van der Waals surface area contributed by atoms with Crippen molar-refractivity contribution in [3.8, 4) is 0 Å². The molecular weight excluding hydrogens is 230 g/mol. The van der Waals surface area contributed by atoms with Gasteiger partial charge in [0.15, 0.2) is 0 Å². The molecular formula is C9H16BrN3. The third kappa shape index (κ3) is 2.31. The summed E-state index contributed by atoms with van der Waals surface area (Å²) in [6.07, 6.45) is 1.83. The molecule has 0 aliphatic carbocycles. The van der Waals surface area contributed by atoms with Crippen LogP contribution in [0.2, 0.25) is 0 Å². The molecule has 0 aromatic carbocycles. The summed E-state index contributed by atoms with van der Waals surface area (Å²) in [6, 6.07) is 0. The van der Waals surface area contributed by atoms with Crippen LogP contribution < -0.4 is 5.73 Å². The van der Waals surface area contributed by atoms with Crippen LogP contribution in [-0.4, -0.2) is 16.1 Å². The number of hydrogen-bond acceptors (Lipinski definition) is 2. The van der Waals surface area contributed by atoms with E-state index < -0.39 is 0 Å². The van der Waals surface area contributed by atoms with E-state index in [0.717, 1.165) is 17.0 Å². The van der Waals surface area contributed by atoms with Crippen LogP contribution in [0.25, 0.3) is 0 Å². The lowest BCUT2D eigenvalue weighted by atomic mass is 9.96. The summed E-state index contributed by atoms with van der Waals surface area (Å²) in [5.74, 6) is 1.07. The summed E-state index contributed by atoms with van der Waals surface area (Å²) >= 11 is 3.46. The zero-order chi connectivity index (χ0) is 10.1. The Balaban J connectivity index is 3.07. The molecule has 0 atom stereocenters. The Morgan fingerprint density at radius 1 is 1.54 bits per heavy atom. The normalized spacial score (nSPS) is 12.1. The topological polar surface area (TPSA) is 43.8 Å². The number of rotatable bonds is 2. The Labute approximate surface area is 87.5 Å². The van der Waals surface area contributed by atoms with Crippen LogP contribution in [-0.2, 0) is 12.0 Å². The third-order valence-electron chi connectivity index (χ3n) is 1.83. The molecule has 1 heterocycles. The van der Waals surface area contributed by atoms with E-state index in [0.29, 0.717) is 6.54 Å². The number of hydrogen-bond donors (Lipinski definition) is 1. The largest absolute Gasteiger partial charge is 0.329 e. The van der Waals surface area contributed by atoms with Crippen LogP contribution in [0.1, 0.15) is 26.6 Å². The van der Waals surface area contributed by atoms with Gasteiger partial charge in [-0.2, -0.15) is 0 Å². The molecule has 0 spiro atoms. The fourth-order valence-corrected chi connectivity index (χ4v) is 1.74. The van der Waals surface area contributed by atoms with E-state index in [1.54, 1.807) is 0 Å². The molecule has 2 N–H and O–H groups in total. The highest BCUT2D eigenvalue weighted by molar-refractivity contribution is 9.10. The van der Waals surface area contributed by atoms with E-state index >= 15 is 0 Å². The summed E-state index contributed by atoms with van der Waals surface area (Å²) in [4.78, 5) is 4.37. The molecule has 4 heteroatoms. The van der Waals surface area contributed by atoms with Crippen LogP contribution in [0.15, 0.2) is 10.8 Å². The first-order chi connectivity index (χ1) is 5.96. The summed E-state index contributed by atoms with van der Waals surface area (Å²) in [5.41, 5.74) is 5.60. The van der Waals surface area contributed by atoms with Gasteiger partial charge >= 0.3 is 0 Å². The van der Waals surface area contributed by atoms with Crippen molar-refractivity contribution in [3.63, 3.8) is 0 Å². The smallest absolute Gasteiger partial charge is 0.114 e. The fourth-order valence-electron chi connectivity index (χ4n) is 1.30. The van der Waals surface area contributed by atoms with Crippen LogP contribution in [0, 0.1) is 0 Å². The van der Waals surface area contributed by atoms with Gasteiger partial charge in [-0.25, -0.2) is 4.98 Å². The lowest BCUT2D eigenvalue weighted by Crippen LogP contribution is -2.21. The minimum absolute atomic E-state index is 0.0706. The second kappa shape index (κ2) is 3.80. The van der Waals surface area contributed by atoms with Gasteiger partial charge in [0.05, 0.1) is 6.20 Å². The molecule has 0 radical (unpaired) electrons. The fraction of sp³-hybridized carbons (Fsp3) is 0.667. The highest BCUT2D eigenvalue weighted by Gasteiger charge is 2.21. The molecule has 0 aliphatic heterocycles. The van der Waals surface area contributed by atoms with Gasteiger partial charge in [0, 0.05) is 18.5 Å². The molecule has 1 rings (SSSR count). The Hall–Kier alpha value is -0.350. The van der Waals surface area contributed by atoms with E-state index in [2.05, 4.69) is 46.3 Å².